The highest BCUT2D eigenvalue weighted by atomic mass is 19.4. The first-order valence-electron chi connectivity index (χ1n) is 8.58. The van der Waals surface area contributed by atoms with Crippen molar-refractivity contribution in [2.45, 2.75) is 63.6 Å². The number of hydrogen-bond donors (Lipinski definition) is 1. The van der Waals surface area contributed by atoms with Gasteiger partial charge in [-0.25, -0.2) is 0 Å². The van der Waals surface area contributed by atoms with Gasteiger partial charge in [0.25, 0.3) is 0 Å². The monoisotopic (exact) mass is 353 g/mol. The molecule has 1 atom stereocenters. The van der Waals surface area contributed by atoms with Gasteiger partial charge in [-0.2, -0.15) is 13.2 Å². The van der Waals surface area contributed by atoms with Gasteiger partial charge in [0.1, 0.15) is 0 Å². The Kier molecular flexibility index (Phi) is 4.66. The summed E-state index contributed by atoms with van der Waals surface area (Å²) in [6.45, 7) is 2.66. The van der Waals surface area contributed by atoms with Gasteiger partial charge in [0.15, 0.2) is 11.4 Å². The van der Waals surface area contributed by atoms with Crippen molar-refractivity contribution in [3.8, 4) is 11.3 Å². The van der Waals surface area contributed by atoms with Crippen LogP contribution in [0.4, 0.5) is 13.2 Å². The molecule has 0 aliphatic heterocycles. The Morgan fingerprint density at radius 1 is 1.08 bits per heavy atom. The van der Waals surface area contributed by atoms with Crippen LogP contribution in [-0.2, 0) is 5.60 Å². The van der Waals surface area contributed by atoms with Crippen molar-refractivity contribution in [1.29, 1.82) is 0 Å². The second kappa shape index (κ2) is 6.48. The van der Waals surface area contributed by atoms with Crippen molar-refractivity contribution in [3.63, 3.8) is 0 Å². The second-order valence-corrected chi connectivity index (χ2v) is 6.99. The Balaban J connectivity index is 1.94. The van der Waals surface area contributed by atoms with E-state index in [1.54, 1.807) is 12.1 Å². The predicted octanol–water partition coefficient (Wildman–Crippen LogP) is 5.47. The molecule has 6 heteroatoms. The maximum absolute atomic E-state index is 13.0. The van der Waals surface area contributed by atoms with Gasteiger partial charge in [-0.1, -0.05) is 48.7 Å². The van der Waals surface area contributed by atoms with E-state index in [1.807, 2.05) is 6.92 Å². The number of nitrogens with zero attached hydrogens (tertiary/aromatic N) is 1. The maximum atomic E-state index is 13.0. The SMILES string of the molecule is Cc1noc(-c2ccc(C(C)(O)C(F)(F)F)cc2)c1C1CCCCC1. The normalized spacial score (nSPS) is 19.0. The molecule has 3 rings (SSSR count). The minimum Gasteiger partial charge on any atom is -0.376 e. The highest BCUT2D eigenvalue weighted by Crippen LogP contribution is 2.42. The number of rotatable bonds is 3. The molecule has 3 nitrogen and oxygen atoms in total. The highest BCUT2D eigenvalue weighted by Gasteiger charge is 2.51. The summed E-state index contributed by atoms with van der Waals surface area (Å²) in [4.78, 5) is 0. The summed E-state index contributed by atoms with van der Waals surface area (Å²) >= 11 is 0. The van der Waals surface area contributed by atoms with E-state index in [1.165, 1.54) is 31.4 Å². The van der Waals surface area contributed by atoms with Gasteiger partial charge in [0.05, 0.1) is 5.69 Å². The average Bonchev–Trinajstić information content (AvgIpc) is 2.96. The van der Waals surface area contributed by atoms with E-state index in [4.69, 9.17) is 4.52 Å². The summed E-state index contributed by atoms with van der Waals surface area (Å²) < 4.78 is 44.4. The van der Waals surface area contributed by atoms with Crippen LogP contribution in [0.3, 0.4) is 0 Å². The van der Waals surface area contributed by atoms with Gasteiger partial charge in [-0.15, -0.1) is 0 Å². The fraction of sp³-hybridized carbons (Fsp3) is 0.526. The fourth-order valence-corrected chi connectivity index (χ4v) is 3.57. The van der Waals surface area contributed by atoms with Crippen LogP contribution in [0.15, 0.2) is 28.8 Å². The number of hydrogen-bond acceptors (Lipinski definition) is 3. The molecular weight excluding hydrogens is 331 g/mol. The molecule has 2 aromatic rings. The van der Waals surface area contributed by atoms with Gasteiger partial charge in [-0.3, -0.25) is 0 Å². The molecule has 1 N–H and O–H groups in total. The summed E-state index contributed by atoms with van der Waals surface area (Å²) in [5.74, 6) is 1.01. The van der Waals surface area contributed by atoms with Gasteiger partial charge in [-0.05, 0) is 38.2 Å². The minimum atomic E-state index is -4.73. The molecule has 1 unspecified atom stereocenters. The molecule has 1 fully saturated rings. The first kappa shape index (κ1) is 18.0. The van der Waals surface area contributed by atoms with Crippen molar-refractivity contribution < 1.29 is 22.8 Å². The van der Waals surface area contributed by atoms with Crippen molar-refractivity contribution in [2.75, 3.05) is 0 Å². The zero-order valence-corrected chi connectivity index (χ0v) is 14.4. The topological polar surface area (TPSA) is 46.3 Å². The molecule has 0 spiro atoms. The van der Waals surface area contributed by atoms with Crippen molar-refractivity contribution in [3.05, 3.63) is 41.1 Å². The molecule has 1 aliphatic carbocycles. The summed E-state index contributed by atoms with van der Waals surface area (Å²) in [7, 11) is 0. The van der Waals surface area contributed by atoms with Crippen LogP contribution in [0.2, 0.25) is 0 Å². The fourth-order valence-electron chi connectivity index (χ4n) is 3.57. The zero-order valence-electron chi connectivity index (χ0n) is 14.4. The van der Waals surface area contributed by atoms with Gasteiger partial charge < -0.3 is 9.63 Å². The van der Waals surface area contributed by atoms with Crippen molar-refractivity contribution >= 4 is 0 Å². The third kappa shape index (κ3) is 3.32. The lowest BCUT2D eigenvalue weighted by atomic mass is 9.82. The van der Waals surface area contributed by atoms with Gasteiger partial charge >= 0.3 is 6.18 Å². The summed E-state index contributed by atoms with van der Waals surface area (Å²) in [6, 6.07) is 5.71. The largest absolute Gasteiger partial charge is 0.421 e. The number of halogens is 3. The molecule has 0 saturated heterocycles. The number of aliphatic hydroxyl groups is 1. The quantitative estimate of drug-likeness (QED) is 0.796. The summed E-state index contributed by atoms with van der Waals surface area (Å²) in [6.07, 6.45) is 0.998. The lowest BCUT2D eigenvalue weighted by Gasteiger charge is -2.26. The molecule has 1 aromatic carbocycles. The van der Waals surface area contributed by atoms with Crippen LogP contribution < -0.4 is 0 Å². The van der Waals surface area contributed by atoms with E-state index in [0.29, 0.717) is 17.2 Å². The highest BCUT2D eigenvalue weighted by molar-refractivity contribution is 5.63. The standard InChI is InChI=1S/C19H22F3NO2/c1-12-16(13-6-4-3-5-7-13)17(25-23-12)14-8-10-15(11-9-14)18(2,24)19(20,21)22/h8-11,13,24H,3-7H2,1-2H3. The summed E-state index contributed by atoms with van der Waals surface area (Å²) in [5, 5.41) is 13.9. The molecule has 1 aliphatic rings. The van der Waals surface area contributed by atoms with Crippen LogP contribution >= 0.6 is 0 Å². The molecule has 136 valence electrons. The molecule has 1 heterocycles. The van der Waals surface area contributed by atoms with Crippen LogP contribution in [0.1, 0.15) is 61.8 Å². The second-order valence-electron chi connectivity index (χ2n) is 6.99. The van der Waals surface area contributed by atoms with Crippen LogP contribution in [0, 0.1) is 6.92 Å². The third-order valence-corrected chi connectivity index (χ3v) is 5.18. The van der Waals surface area contributed by atoms with Crippen LogP contribution in [-0.4, -0.2) is 16.4 Å². The predicted molar refractivity (Wildman–Crippen MR) is 88.1 cm³/mol. The lowest BCUT2D eigenvalue weighted by molar-refractivity contribution is -0.258. The number of aryl methyl sites for hydroxylation is 1. The third-order valence-electron chi connectivity index (χ3n) is 5.18. The lowest BCUT2D eigenvalue weighted by Crippen LogP contribution is -2.39. The van der Waals surface area contributed by atoms with E-state index in [9.17, 15) is 18.3 Å². The van der Waals surface area contributed by atoms with Crippen molar-refractivity contribution in [2.24, 2.45) is 0 Å². The Labute approximate surface area is 144 Å². The van der Waals surface area contributed by atoms with Gasteiger partial charge in [0, 0.05) is 11.1 Å². The zero-order chi connectivity index (χ0) is 18.2. The van der Waals surface area contributed by atoms with E-state index < -0.39 is 11.8 Å². The van der Waals surface area contributed by atoms with Crippen LogP contribution in [0.5, 0.6) is 0 Å². The van der Waals surface area contributed by atoms with Crippen molar-refractivity contribution in [1.82, 2.24) is 5.16 Å². The molecular formula is C19H22F3NO2. The Bertz CT molecular complexity index is 726. The van der Waals surface area contributed by atoms with E-state index in [-0.39, 0.29) is 5.56 Å². The Hall–Kier alpha value is -1.82. The Morgan fingerprint density at radius 2 is 1.68 bits per heavy atom. The molecule has 0 bridgehead atoms. The molecule has 0 radical (unpaired) electrons. The molecule has 25 heavy (non-hydrogen) atoms. The number of aromatic nitrogens is 1. The number of alkyl halides is 3. The minimum absolute atomic E-state index is 0.195. The summed E-state index contributed by atoms with van der Waals surface area (Å²) in [5.41, 5.74) is -0.486. The van der Waals surface area contributed by atoms with Crippen LogP contribution in [0.25, 0.3) is 11.3 Å². The molecule has 0 amide bonds. The first-order valence-corrected chi connectivity index (χ1v) is 8.58. The Morgan fingerprint density at radius 3 is 2.24 bits per heavy atom. The smallest absolute Gasteiger partial charge is 0.376 e. The van der Waals surface area contributed by atoms with E-state index in [0.717, 1.165) is 31.0 Å². The molecule has 1 saturated carbocycles. The van der Waals surface area contributed by atoms with E-state index >= 15 is 0 Å². The first-order chi connectivity index (χ1) is 11.7. The average molecular weight is 353 g/mol. The maximum Gasteiger partial charge on any atom is 0.421 e. The van der Waals surface area contributed by atoms with Gasteiger partial charge in [0.2, 0.25) is 0 Å². The number of benzene rings is 1. The van der Waals surface area contributed by atoms with E-state index in [2.05, 4.69) is 5.16 Å². The molecule has 1 aromatic heterocycles.